The van der Waals surface area contributed by atoms with Gasteiger partial charge < -0.3 is 5.73 Å². The number of aryl methyl sites for hydroxylation is 1. The van der Waals surface area contributed by atoms with E-state index in [1.165, 1.54) is 0 Å². The highest BCUT2D eigenvalue weighted by Crippen LogP contribution is 2.25. The lowest BCUT2D eigenvalue weighted by atomic mass is 9.90. The normalized spacial score (nSPS) is 12.1. The van der Waals surface area contributed by atoms with Crippen LogP contribution >= 0.6 is 0 Å². The third-order valence-electron chi connectivity index (χ3n) is 4.16. The lowest BCUT2D eigenvalue weighted by Crippen LogP contribution is -2.53. The van der Waals surface area contributed by atoms with Gasteiger partial charge in [0.05, 0.1) is 5.69 Å². The Kier molecular flexibility index (Phi) is 6.46. The van der Waals surface area contributed by atoms with Crippen molar-refractivity contribution in [3.8, 4) is 0 Å². The minimum absolute atomic E-state index is 0.113. The third kappa shape index (κ3) is 4.02. The molecule has 0 fully saturated rings. The van der Waals surface area contributed by atoms with Gasteiger partial charge in [-0.15, -0.1) is 0 Å². The Balaban J connectivity index is 2.93. The summed E-state index contributed by atoms with van der Waals surface area (Å²) in [5.74, 6) is 0. The average molecular weight is 263 g/mol. The molecule has 108 valence electrons. The number of rotatable bonds is 8. The molecule has 0 bridgehead atoms. The van der Waals surface area contributed by atoms with Crippen LogP contribution in [0.1, 0.15) is 51.4 Å². The number of hydrogen-bond donors (Lipinski definition) is 1. The molecule has 0 aliphatic carbocycles. The summed E-state index contributed by atoms with van der Waals surface area (Å²) in [4.78, 5) is 7.15. The van der Waals surface area contributed by atoms with Crippen LogP contribution in [0, 0.1) is 6.92 Å². The van der Waals surface area contributed by atoms with Crippen LogP contribution in [0.4, 0.5) is 0 Å². The molecule has 3 heteroatoms. The van der Waals surface area contributed by atoms with E-state index in [0.29, 0.717) is 6.54 Å². The maximum absolute atomic E-state index is 6.08. The van der Waals surface area contributed by atoms with Crippen molar-refractivity contribution in [3.05, 3.63) is 29.6 Å². The second kappa shape index (κ2) is 7.61. The summed E-state index contributed by atoms with van der Waals surface area (Å²) in [5, 5.41) is 0. The number of nitrogens with zero attached hydrogens (tertiary/aromatic N) is 2. The largest absolute Gasteiger partial charge is 0.329 e. The molecule has 19 heavy (non-hydrogen) atoms. The van der Waals surface area contributed by atoms with E-state index in [1.54, 1.807) is 0 Å². The molecule has 1 rings (SSSR count). The Bertz CT molecular complexity index is 364. The molecule has 3 nitrogen and oxygen atoms in total. The van der Waals surface area contributed by atoms with Crippen molar-refractivity contribution in [2.24, 2.45) is 5.73 Å². The minimum Gasteiger partial charge on any atom is -0.329 e. The SMILES string of the molecule is CCCN(Cc1cccc(C)n1)C(CC)(CC)CN. The first-order chi connectivity index (χ1) is 9.11. The molecule has 1 aromatic heterocycles. The van der Waals surface area contributed by atoms with Gasteiger partial charge >= 0.3 is 0 Å². The van der Waals surface area contributed by atoms with Gasteiger partial charge in [0.1, 0.15) is 0 Å². The van der Waals surface area contributed by atoms with Crippen LogP contribution in [0.3, 0.4) is 0 Å². The van der Waals surface area contributed by atoms with E-state index in [-0.39, 0.29) is 5.54 Å². The lowest BCUT2D eigenvalue weighted by Gasteiger charge is -2.42. The number of pyridine rings is 1. The molecule has 0 aromatic carbocycles. The topological polar surface area (TPSA) is 42.2 Å². The second-order valence-electron chi connectivity index (χ2n) is 5.33. The van der Waals surface area contributed by atoms with Crippen LogP contribution in [-0.4, -0.2) is 28.5 Å². The Hall–Kier alpha value is -0.930. The first-order valence-corrected chi connectivity index (χ1v) is 7.49. The van der Waals surface area contributed by atoms with Crippen molar-refractivity contribution in [3.63, 3.8) is 0 Å². The summed E-state index contributed by atoms with van der Waals surface area (Å²) < 4.78 is 0. The van der Waals surface area contributed by atoms with Gasteiger partial charge in [-0.25, -0.2) is 0 Å². The van der Waals surface area contributed by atoms with Crippen molar-refractivity contribution in [2.75, 3.05) is 13.1 Å². The molecule has 0 aliphatic heterocycles. The van der Waals surface area contributed by atoms with Gasteiger partial charge in [0.2, 0.25) is 0 Å². The van der Waals surface area contributed by atoms with Crippen molar-refractivity contribution in [1.82, 2.24) is 9.88 Å². The highest BCUT2D eigenvalue weighted by molar-refractivity contribution is 5.10. The van der Waals surface area contributed by atoms with Crippen LogP contribution in [0.15, 0.2) is 18.2 Å². The average Bonchev–Trinajstić information content (AvgIpc) is 2.41. The monoisotopic (exact) mass is 263 g/mol. The minimum atomic E-state index is 0.113. The number of hydrogen-bond acceptors (Lipinski definition) is 3. The maximum Gasteiger partial charge on any atom is 0.0547 e. The molecular weight excluding hydrogens is 234 g/mol. The van der Waals surface area contributed by atoms with Crippen molar-refractivity contribution in [1.29, 1.82) is 0 Å². The Morgan fingerprint density at radius 1 is 1.21 bits per heavy atom. The van der Waals surface area contributed by atoms with Crippen molar-refractivity contribution < 1.29 is 0 Å². The van der Waals surface area contributed by atoms with Gasteiger partial charge in [-0.2, -0.15) is 0 Å². The predicted molar refractivity (Wildman–Crippen MR) is 82.0 cm³/mol. The van der Waals surface area contributed by atoms with Gasteiger partial charge in [-0.05, 0) is 44.9 Å². The van der Waals surface area contributed by atoms with E-state index < -0.39 is 0 Å². The highest BCUT2D eigenvalue weighted by atomic mass is 15.2. The van der Waals surface area contributed by atoms with E-state index in [9.17, 15) is 0 Å². The van der Waals surface area contributed by atoms with Crippen LogP contribution < -0.4 is 5.73 Å². The van der Waals surface area contributed by atoms with E-state index >= 15 is 0 Å². The smallest absolute Gasteiger partial charge is 0.0547 e. The van der Waals surface area contributed by atoms with Crippen LogP contribution in [0.5, 0.6) is 0 Å². The standard InChI is InChI=1S/C16H29N3/c1-5-11-19(16(6-2,7-3)13-17)12-15-10-8-9-14(4)18-15/h8-10H,5-7,11-13,17H2,1-4H3. The van der Waals surface area contributed by atoms with Crippen molar-refractivity contribution >= 4 is 0 Å². The zero-order valence-electron chi connectivity index (χ0n) is 12.9. The zero-order valence-corrected chi connectivity index (χ0v) is 12.9. The van der Waals surface area contributed by atoms with E-state index in [4.69, 9.17) is 5.73 Å². The Labute approximate surface area is 118 Å². The van der Waals surface area contributed by atoms with E-state index in [1.807, 2.05) is 13.0 Å². The van der Waals surface area contributed by atoms with Gasteiger partial charge in [-0.1, -0.05) is 26.8 Å². The van der Waals surface area contributed by atoms with Gasteiger partial charge in [-0.3, -0.25) is 9.88 Å². The fourth-order valence-electron chi connectivity index (χ4n) is 2.75. The van der Waals surface area contributed by atoms with Gasteiger partial charge in [0.25, 0.3) is 0 Å². The fourth-order valence-corrected chi connectivity index (χ4v) is 2.75. The maximum atomic E-state index is 6.08. The number of nitrogens with two attached hydrogens (primary N) is 1. The Morgan fingerprint density at radius 2 is 1.89 bits per heavy atom. The van der Waals surface area contributed by atoms with Gasteiger partial charge in [0, 0.05) is 24.3 Å². The molecule has 0 amide bonds. The first kappa shape index (κ1) is 16.1. The third-order valence-corrected chi connectivity index (χ3v) is 4.16. The molecule has 1 heterocycles. The summed E-state index contributed by atoms with van der Waals surface area (Å²) in [6, 6.07) is 6.25. The summed E-state index contributed by atoms with van der Waals surface area (Å²) in [7, 11) is 0. The molecule has 0 radical (unpaired) electrons. The molecule has 0 saturated heterocycles. The quantitative estimate of drug-likeness (QED) is 0.783. The second-order valence-corrected chi connectivity index (χ2v) is 5.33. The molecule has 0 unspecified atom stereocenters. The molecular formula is C16H29N3. The summed E-state index contributed by atoms with van der Waals surface area (Å²) in [6.07, 6.45) is 3.32. The summed E-state index contributed by atoms with van der Waals surface area (Å²) >= 11 is 0. The highest BCUT2D eigenvalue weighted by Gasteiger charge is 2.31. The zero-order chi connectivity index (χ0) is 14.3. The summed E-state index contributed by atoms with van der Waals surface area (Å²) in [6.45, 7) is 11.4. The fraction of sp³-hybridized carbons (Fsp3) is 0.688. The summed E-state index contributed by atoms with van der Waals surface area (Å²) in [5.41, 5.74) is 8.42. The van der Waals surface area contributed by atoms with Crippen LogP contribution in [0.2, 0.25) is 0 Å². The first-order valence-electron chi connectivity index (χ1n) is 7.49. The number of aromatic nitrogens is 1. The van der Waals surface area contributed by atoms with E-state index in [2.05, 4.69) is 42.8 Å². The lowest BCUT2D eigenvalue weighted by molar-refractivity contribution is 0.0753. The van der Waals surface area contributed by atoms with E-state index in [0.717, 1.165) is 43.7 Å². The molecule has 0 spiro atoms. The molecule has 0 atom stereocenters. The predicted octanol–water partition coefficient (Wildman–Crippen LogP) is 3.12. The molecule has 0 aliphatic rings. The van der Waals surface area contributed by atoms with Gasteiger partial charge in [0.15, 0.2) is 0 Å². The molecule has 1 aromatic rings. The van der Waals surface area contributed by atoms with Crippen molar-refractivity contribution in [2.45, 2.75) is 59.0 Å². The van der Waals surface area contributed by atoms with Crippen LogP contribution in [0.25, 0.3) is 0 Å². The Morgan fingerprint density at radius 3 is 2.37 bits per heavy atom. The van der Waals surface area contributed by atoms with Crippen LogP contribution in [-0.2, 0) is 6.54 Å². The molecule has 2 N–H and O–H groups in total. The molecule has 0 saturated carbocycles.